The number of rotatable bonds is 6. The van der Waals surface area contributed by atoms with E-state index >= 15 is 0 Å². The third-order valence-corrected chi connectivity index (χ3v) is 4.61. The molecule has 3 rings (SSSR count). The SMILES string of the molecule is CN=C(NCc1ccc(C)cc1OC(C)C)NCc1nnc2n1CCCC2. The zero-order valence-electron chi connectivity index (χ0n) is 16.7. The molecule has 0 bridgehead atoms. The Kier molecular flexibility index (Phi) is 6.32. The van der Waals surface area contributed by atoms with E-state index in [0.29, 0.717) is 13.1 Å². The molecule has 0 spiro atoms. The highest BCUT2D eigenvalue weighted by Crippen LogP contribution is 2.21. The maximum atomic E-state index is 5.95. The van der Waals surface area contributed by atoms with Crippen LogP contribution in [-0.4, -0.2) is 33.9 Å². The van der Waals surface area contributed by atoms with Crippen molar-refractivity contribution in [2.24, 2.45) is 4.99 Å². The van der Waals surface area contributed by atoms with Crippen LogP contribution in [0.25, 0.3) is 0 Å². The van der Waals surface area contributed by atoms with Crippen molar-refractivity contribution in [2.45, 2.75) is 65.8 Å². The Hall–Kier alpha value is -2.57. The van der Waals surface area contributed by atoms with Crippen LogP contribution in [0.5, 0.6) is 5.75 Å². The van der Waals surface area contributed by atoms with Gasteiger partial charge < -0.3 is 19.9 Å². The molecular weight excluding hydrogens is 340 g/mol. The van der Waals surface area contributed by atoms with Crippen LogP contribution in [0.15, 0.2) is 23.2 Å². The van der Waals surface area contributed by atoms with Gasteiger partial charge in [0, 0.05) is 32.1 Å². The standard InChI is InChI=1S/C20H30N6O/c1-14(2)27-17-11-15(3)8-9-16(17)12-22-20(21-4)23-13-19-25-24-18-7-5-6-10-26(18)19/h8-9,11,14H,5-7,10,12-13H2,1-4H3,(H2,21,22,23). The van der Waals surface area contributed by atoms with Crippen molar-refractivity contribution < 1.29 is 4.74 Å². The fourth-order valence-corrected chi connectivity index (χ4v) is 3.23. The van der Waals surface area contributed by atoms with E-state index in [0.717, 1.165) is 41.9 Å². The van der Waals surface area contributed by atoms with Crippen molar-refractivity contribution in [1.29, 1.82) is 0 Å². The first kappa shape index (κ1) is 19.2. The molecule has 7 heteroatoms. The number of guanidine groups is 1. The van der Waals surface area contributed by atoms with E-state index in [1.165, 1.54) is 18.4 Å². The lowest BCUT2D eigenvalue weighted by molar-refractivity contribution is 0.239. The topological polar surface area (TPSA) is 76.4 Å². The van der Waals surface area contributed by atoms with Crippen LogP contribution < -0.4 is 15.4 Å². The number of fused-ring (bicyclic) bond motifs is 1. The van der Waals surface area contributed by atoms with E-state index < -0.39 is 0 Å². The lowest BCUT2D eigenvalue weighted by atomic mass is 10.1. The number of benzene rings is 1. The lowest BCUT2D eigenvalue weighted by Crippen LogP contribution is -2.37. The summed E-state index contributed by atoms with van der Waals surface area (Å²) in [5, 5.41) is 15.3. The molecule has 1 aromatic carbocycles. The van der Waals surface area contributed by atoms with E-state index in [2.05, 4.69) is 55.5 Å². The van der Waals surface area contributed by atoms with Crippen LogP contribution in [0, 0.1) is 6.92 Å². The van der Waals surface area contributed by atoms with Gasteiger partial charge in [0.2, 0.25) is 0 Å². The number of hydrogen-bond acceptors (Lipinski definition) is 4. The Bertz CT molecular complexity index is 796. The minimum absolute atomic E-state index is 0.141. The highest BCUT2D eigenvalue weighted by Gasteiger charge is 2.15. The monoisotopic (exact) mass is 370 g/mol. The molecule has 0 radical (unpaired) electrons. The molecule has 2 aromatic rings. The van der Waals surface area contributed by atoms with E-state index in [9.17, 15) is 0 Å². The van der Waals surface area contributed by atoms with Gasteiger partial charge in [0.15, 0.2) is 11.8 Å². The third kappa shape index (κ3) is 4.99. The van der Waals surface area contributed by atoms with Gasteiger partial charge in [0.25, 0.3) is 0 Å². The zero-order valence-corrected chi connectivity index (χ0v) is 16.7. The number of nitrogens with zero attached hydrogens (tertiary/aromatic N) is 4. The summed E-state index contributed by atoms with van der Waals surface area (Å²) >= 11 is 0. The molecule has 0 fully saturated rings. The van der Waals surface area contributed by atoms with Gasteiger partial charge >= 0.3 is 0 Å². The van der Waals surface area contributed by atoms with Crippen molar-refractivity contribution >= 4 is 5.96 Å². The van der Waals surface area contributed by atoms with Crippen LogP contribution in [0.2, 0.25) is 0 Å². The van der Waals surface area contributed by atoms with Crippen molar-refractivity contribution in [3.05, 3.63) is 41.0 Å². The maximum absolute atomic E-state index is 5.95. The first-order valence-corrected chi connectivity index (χ1v) is 9.68. The summed E-state index contributed by atoms with van der Waals surface area (Å²) < 4.78 is 8.17. The van der Waals surface area contributed by atoms with Gasteiger partial charge in [0.1, 0.15) is 11.6 Å². The van der Waals surface area contributed by atoms with Crippen molar-refractivity contribution in [1.82, 2.24) is 25.4 Å². The molecular formula is C20H30N6O. The van der Waals surface area contributed by atoms with E-state index in [-0.39, 0.29) is 6.10 Å². The first-order valence-electron chi connectivity index (χ1n) is 9.68. The average molecular weight is 371 g/mol. The van der Waals surface area contributed by atoms with Crippen molar-refractivity contribution in [2.75, 3.05) is 7.05 Å². The van der Waals surface area contributed by atoms with Gasteiger partial charge in [0.05, 0.1) is 12.6 Å². The highest BCUT2D eigenvalue weighted by atomic mass is 16.5. The number of aromatic nitrogens is 3. The second-order valence-corrected chi connectivity index (χ2v) is 7.20. The Balaban J connectivity index is 1.59. The van der Waals surface area contributed by atoms with Crippen LogP contribution in [0.1, 0.15) is 49.5 Å². The average Bonchev–Trinajstić information content (AvgIpc) is 3.06. The summed E-state index contributed by atoms with van der Waals surface area (Å²) in [6, 6.07) is 6.28. The minimum atomic E-state index is 0.141. The second kappa shape index (κ2) is 8.88. The van der Waals surface area contributed by atoms with Gasteiger partial charge in [-0.3, -0.25) is 4.99 Å². The molecule has 1 aromatic heterocycles. The molecule has 2 N–H and O–H groups in total. The number of aliphatic imine (C=N–C) groups is 1. The summed E-state index contributed by atoms with van der Waals surface area (Å²) in [5.74, 6) is 3.71. The van der Waals surface area contributed by atoms with Crippen LogP contribution in [-0.2, 0) is 26.1 Å². The Morgan fingerprint density at radius 2 is 2.04 bits per heavy atom. The molecule has 1 aliphatic heterocycles. The predicted molar refractivity (Wildman–Crippen MR) is 107 cm³/mol. The van der Waals surface area contributed by atoms with E-state index in [1.54, 1.807) is 7.05 Å². The molecule has 0 saturated carbocycles. The summed E-state index contributed by atoms with van der Waals surface area (Å²) in [6.45, 7) is 8.41. The highest BCUT2D eigenvalue weighted by molar-refractivity contribution is 5.79. The summed E-state index contributed by atoms with van der Waals surface area (Å²) in [6.07, 6.45) is 3.55. The molecule has 0 amide bonds. The fourth-order valence-electron chi connectivity index (χ4n) is 3.23. The van der Waals surface area contributed by atoms with Crippen LogP contribution in [0.4, 0.5) is 0 Å². The molecule has 0 unspecified atom stereocenters. The van der Waals surface area contributed by atoms with Crippen molar-refractivity contribution in [3.8, 4) is 5.75 Å². The van der Waals surface area contributed by atoms with E-state index in [4.69, 9.17) is 4.74 Å². The molecule has 1 aliphatic rings. The second-order valence-electron chi connectivity index (χ2n) is 7.20. The maximum Gasteiger partial charge on any atom is 0.191 e. The molecule has 2 heterocycles. The van der Waals surface area contributed by atoms with Gasteiger partial charge in [-0.1, -0.05) is 12.1 Å². The van der Waals surface area contributed by atoms with Crippen LogP contribution >= 0.6 is 0 Å². The third-order valence-electron chi connectivity index (χ3n) is 4.61. The predicted octanol–water partition coefficient (Wildman–Crippen LogP) is 2.58. The first-order chi connectivity index (χ1) is 13.1. The molecule has 7 nitrogen and oxygen atoms in total. The number of nitrogens with one attached hydrogen (secondary N) is 2. The van der Waals surface area contributed by atoms with Gasteiger partial charge in [-0.25, -0.2) is 0 Å². The molecule has 0 atom stereocenters. The molecule has 27 heavy (non-hydrogen) atoms. The van der Waals surface area contributed by atoms with Gasteiger partial charge in [-0.15, -0.1) is 10.2 Å². The lowest BCUT2D eigenvalue weighted by Gasteiger charge is -2.18. The molecule has 0 saturated heterocycles. The fraction of sp³-hybridized carbons (Fsp3) is 0.550. The van der Waals surface area contributed by atoms with Crippen LogP contribution in [0.3, 0.4) is 0 Å². The van der Waals surface area contributed by atoms with Crippen molar-refractivity contribution in [3.63, 3.8) is 0 Å². The van der Waals surface area contributed by atoms with Gasteiger partial charge in [-0.2, -0.15) is 0 Å². The Morgan fingerprint density at radius 1 is 1.22 bits per heavy atom. The summed E-state index contributed by atoms with van der Waals surface area (Å²) in [5.41, 5.74) is 2.30. The Morgan fingerprint density at radius 3 is 2.81 bits per heavy atom. The summed E-state index contributed by atoms with van der Waals surface area (Å²) in [4.78, 5) is 4.32. The quantitative estimate of drug-likeness (QED) is 0.604. The largest absolute Gasteiger partial charge is 0.491 e. The Labute approximate surface area is 161 Å². The number of ether oxygens (including phenoxy) is 1. The zero-order chi connectivity index (χ0) is 19.2. The molecule has 0 aliphatic carbocycles. The summed E-state index contributed by atoms with van der Waals surface area (Å²) in [7, 11) is 1.77. The van der Waals surface area contributed by atoms with Gasteiger partial charge in [-0.05, 0) is 45.2 Å². The minimum Gasteiger partial charge on any atom is -0.491 e. The smallest absolute Gasteiger partial charge is 0.191 e. The molecule has 146 valence electrons. The normalized spacial score (nSPS) is 14.2. The number of hydrogen-bond donors (Lipinski definition) is 2. The van der Waals surface area contributed by atoms with E-state index in [1.807, 2.05) is 13.8 Å². The number of aryl methyl sites for hydroxylation is 2.